The summed E-state index contributed by atoms with van der Waals surface area (Å²) in [4.78, 5) is 34.5. The summed E-state index contributed by atoms with van der Waals surface area (Å²) in [6, 6.07) is 16.2. The number of aliphatic hydroxyl groups excluding tert-OH is 1. The molecule has 2 N–H and O–H groups in total. The Balaban J connectivity index is 1.31. The van der Waals surface area contributed by atoms with Crippen molar-refractivity contribution in [3.63, 3.8) is 0 Å². The minimum Gasteiger partial charge on any atom is -0.457 e. The average Bonchev–Trinajstić information content (AvgIpc) is 3.45. The Labute approximate surface area is 206 Å². The van der Waals surface area contributed by atoms with Crippen molar-refractivity contribution < 1.29 is 19.4 Å². The number of para-hydroxylation sites is 1. The van der Waals surface area contributed by atoms with E-state index in [0.717, 1.165) is 33.3 Å². The fourth-order valence-electron chi connectivity index (χ4n) is 4.94. The number of thioether (sulfide) groups is 1. The van der Waals surface area contributed by atoms with E-state index in [9.17, 15) is 14.7 Å². The molecule has 1 fully saturated rings. The van der Waals surface area contributed by atoms with Crippen molar-refractivity contribution in [1.82, 2.24) is 15.2 Å². The smallest absolute Gasteiger partial charge is 0.327 e. The molecule has 6 rings (SSSR count). The van der Waals surface area contributed by atoms with Gasteiger partial charge in [0.2, 0.25) is 5.91 Å². The number of ether oxygens (including phenoxy) is 1. The highest BCUT2D eigenvalue weighted by atomic mass is 32.2. The number of aliphatic hydroxyl groups is 1. The molecule has 3 aromatic rings. The lowest BCUT2D eigenvalue weighted by atomic mass is 9.99. The summed E-state index contributed by atoms with van der Waals surface area (Å²) < 4.78 is 5.95. The summed E-state index contributed by atoms with van der Waals surface area (Å²) in [5.41, 5.74) is 3.20. The van der Waals surface area contributed by atoms with E-state index in [1.54, 1.807) is 16.0 Å². The van der Waals surface area contributed by atoms with Gasteiger partial charge in [-0.25, -0.2) is 9.78 Å². The van der Waals surface area contributed by atoms with Crippen LogP contribution in [0.3, 0.4) is 0 Å². The zero-order valence-electron chi connectivity index (χ0n) is 19.0. The van der Waals surface area contributed by atoms with Gasteiger partial charge in [0.15, 0.2) is 0 Å². The second-order valence-electron chi connectivity index (χ2n) is 8.94. The maximum absolute atomic E-state index is 13.4. The Morgan fingerprint density at radius 2 is 1.97 bits per heavy atom. The number of nitrogens with zero attached hydrogens (tertiary/aromatic N) is 3. The van der Waals surface area contributed by atoms with E-state index >= 15 is 0 Å². The maximum Gasteiger partial charge on any atom is 0.327 e. The van der Waals surface area contributed by atoms with Crippen LogP contribution in [0.4, 0.5) is 16.2 Å². The molecule has 0 spiro atoms. The van der Waals surface area contributed by atoms with E-state index in [0.29, 0.717) is 25.3 Å². The van der Waals surface area contributed by atoms with Crippen LogP contribution in [0.5, 0.6) is 11.5 Å². The Kier molecular flexibility index (Phi) is 5.38. The molecule has 2 unspecified atom stereocenters. The van der Waals surface area contributed by atoms with Gasteiger partial charge in [-0.3, -0.25) is 9.69 Å². The minimum absolute atomic E-state index is 0.0761. The molecule has 3 aliphatic heterocycles. The quantitative estimate of drug-likeness (QED) is 0.573. The van der Waals surface area contributed by atoms with Gasteiger partial charge in [-0.2, -0.15) is 0 Å². The highest BCUT2D eigenvalue weighted by Gasteiger charge is 2.48. The Morgan fingerprint density at radius 3 is 2.71 bits per heavy atom. The molecule has 1 aromatic heterocycles. The Bertz CT molecular complexity index is 1320. The van der Waals surface area contributed by atoms with Gasteiger partial charge in [-0.15, -0.1) is 0 Å². The van der Waals surface area contributed by atoms with Crippen LogP contribution in [0.2, 0.25) is 0 Å². The molecule has 0 radical (unpaired) electrons. The number of likely N-dealkylation sites (tertiary alicyclic amines) is 1. The third-order valence-corrected chi connectivity index (χ3v) is 7.89. The third-order valence-electron chi connectivity index (χ3n) is 6.61. The minimum atomic E-state index is -0.502. The van der Waals surface area contributed by atoms with E-state index in [-0.39, 0.29) is 11.9 Å². The molecular weight excluding hydrogens is 464 g/mol. The summed E-state index contributed by atoms with van der Waals surface area (Å²) in [7, 11) is 0. The van der Waals surface area contributed by atoms with Gasteiger partial charge >= 0.3 is 6.03 Å². The highest BCUT2D eigenvalue weighted by molar-refractivity contribution is 8.01. The summed E-state index contributed by atoms with van der Waals surface area (Å²) in [6.07, 6.45) is 1.77. The van der Waals surface area contributed by atoms with E-state index in [2.05, 4.69) is 10.3 Å². The number of aromatic nitrogens is 1. The van der Waals surface area contributed by atoms with Gasteiger partial charge in [0.25, 0.3) is 0 Å². The lowest BCUT2D eigenvalue weighted by Crippen LogP contribution is -2.49. The maximum atomic E-state index is 13.4. The van der Waals surface area contributed by atoms with Crippen LogP contribution in [0.25, 0.3) is 0 Å². The molecule has 0 bridgehead atoms. The zero-order chi connectivity index (χ0) is 24.1. The molecule has 0 saturated carbocycles. The van der Waals surface area contributed by atoms with Gasteiger partial charge in [0.1, 0.15) is 21.8 Å². The number of urea groups is 1. The summed E-state index contributed by atoms with van der Waals surface area (Å²) in [5.74, 6) is 1.35. The molecule has 3 amide bonds. The topological polar surface area (TPSA) is 95.0 Å². The van der Waals surface area contributed by atoms with Crippen LogP contribution < -0.4 is 15.0 Å². The molecule has 35 heavy (non-hydrogen) atoms. The Morgan fingerprint density at radius 1 is 1.14 bits per heavy atom. The van der Waals surface area contributed by atoms with E-state index in [4.69, 9.17) is 4.74 Å². The number of hydrogen-bond donors (Lipinski definition) is 2. The third kappa shape index (κ3) is 3.81. The van der Waals surface area contributed by atoms with Gasteiger partial charge in [-0.05, 0) is 55.3 Å². The zero-order valence-corrected chi connectivity index (χ0v) is 19.9. The number of hydrogen-bond acceptors (Lipinski definition) is 6. The molecule has 8 nitrogen and oxygen atoms in total. The molecule has 178 valence electrons. The summed E-state index contributed by atoms with van der Waals surface area (Å²) >= 11 is 1.38. The van der Waals surface area contributed by atoms with Crippen molar-refractivity contribution in [2.45, 2.75) is 35.8 Å². The predicted molar refractivity (Wildman–Crippen MR) is 132 cm³/mol. The lowest BCUT2D eigenvalue weighted by molar-refractivity contribution is -0.130. The van der Waals surface area contributed by atoms with Crippen LogP contribution in [-0.4, -0.2) is 51.4 Å². The number of amides is 3. The van der Waals surface area contributed by atoms with Crippen molar-refractivity contribution >= 4 is 35.1 Å². The molecule has 4 heterocycles. The van der Waals surface area contributed by atoms with Crippen molar-refractivity contribution in [1.29, 1.82) is 0 Å². The molecule has 3 atom stereocenters. The van der Waals surface area contributed by atoms with Crippen LogP contribution in [0.1, 0.15) is 23.6 Å². The second kappa shape index (κ2) is 8.58. The van der Waals surface area contributed by atoms with Crippen LogP contribution >= 0.6 is 11.8 Å². The normalized spacial score (nSPS) is 22.7. The standard InChI is InChI=1S/C26H24N4O4S/c1-15-13-18(34-17-5-3-2-4-6-17)7-8-19(15)30-20-9-11-27-24-21(20)22(28-26(30)33)23(35-24)25(32)29-12-10-16(31)14-29/h2-9,11,13,16,22-23,31H,10,12,14H2,1H3,(H,28,33)/t16?,22?,23-/m1/s1. The number of carbonyl (C=O) groups excluding carboxylic acids is 2. The first-order chi connectivity index (χ1) is 17.0. The van der Waals surface area contributed by atoms with Crippen LogP contribution in [0, 0.1) is 6.92 Å². The van der Waals surface area contributed by atoms with Gasteiger partial charge in [-0.1, -0.05) is 30.0 Å². The van der Waals surface area contributed by atoms with Crippen molar-refractivity contribution in [3.8, 4) is 11.5 Å². The lowest BCUT2D eigenvalue weighted by Gasteiger charge is -2.35. The molecule has 1 saturated heterocycles. The van der Waals surface area contributed by atoms with Crippen molar-refractivity contribution in [2.75, 3.05) is 18.0 Å². The predicted octanol–water partition coefficient (Wildman–Crippen LogP) is 4.15. The number of aryl methyl sites for hydroxylation is 1. The summed E-state index contributed by atoms with van der Waals surface area (Å²) in [5, 5.41) is 13.2. The fraction of sp³-hybridized carbons (Fsp3) is 0.269. The number of benzene rings is 2. The average molecular weight is 489 g/mol. The molecule has 9 heteroatoms. The summed E-state index contributed by atoms with van der Waals surface area (Å²) in [6.45, 7) is 2.79. The molecule has 3 aliphatic rings. The molecular formula is C26H24N4O4S. The van der Waals surface area contributed by atoms with Crippen LogP contribution in [-0.2, 0) is 4.79 Å². The van der Waals surface area contributed by atoms with E-state index < -0.39 is 17.4 Å². The first-order valence-corrected chi connectivity index (χ1v) is 12.4. The first-order valence-electron chi connectivity index (χ1n) is 11.6. The second-order valence-corrected chi connectivity index (χ2v) is 10.1. The van der Waals surface area contributed by atoms with Gasteiger partial charge in [0.05, 0.1) is 23.5 Å². The first kappa shape index (κ1) is 21.9. The fourth-order valence-corrected chi connectivity index (χ4v) is 6.25. The van der Waals surface area contributed by atoms with Gasteiger partial charge < -0.3 is 20.1 Å². The molecule has 0 aliphatic carbocycles. The Hall–Kier alpha value is -3.56. The largest absolute Gasteiger partial charge is 0.457 e. The number of β-amino-alcohol motifs (C(OH)–C–C–N with tert-alkyl or cyclic N) is 1. The number of carbonyl (C=O) groups is 2. The van der Waals surface area contributed by atoms with E-state index in [1.165, 1.54) is 11.8 Å². The van der Waals surface area contributed by atoms with Crippen molar-refractivity contribution in [2.24, 2.45) is 0 Å². The number of pyridine rings is 1. The van der Waals surface area contributed by atoms with E-state index in [1.807, 2.05) is 61.5 Å². The highest BCUT2D eigenvalue weighted by Crippen LogP contribution is 2.51. The number of anilines is 2. The SMILES string of the molecule is Cc1cc(Oc2ccccc2)ccc1N1C(=O)NC2c3c1ccnc3S[C@H]2C(=O)N1CCC(O)C1. The van der Waals surface area contributed by atoms with Crippen LogP contribution in [0.15, 0.2) is 65.8 Å². The number of nitrogens with one attached hydrogen (secondary N) is 1. The molecule has 2 aromatic carbocycles. The van der Waals surface area contributed by atoms with Crippen molar-refractivity contribution in [3.05, 3.63) is 71.9 Å². The monoisotopic (exact) mass is 488 g/mol. The number of rotatable bonds is 4. The van der Waals surface area contributed by atoms with Gasteiger partial charge in [0, 0.05) is 24.8 Å².